The fraction of sp³-hybridized carbons (Fsp3) is 0.333. The number of anilines is 1. The Labute approximate surface area is 192 Å². The number of hydrogen-bond donors (Lipinski definition) is 0. The molecule has 5 rings (SSSR count). The Kier molecular flexibility index (Phi) is 5.65. The van der Waals surface area contributed by atoms with E-state index in [0.29, 0.717) is 29.4 Å². The molecule has 1 fully saturated rings. The van der Waals surface area contributed by atoms with Crippen molar-refractivity contribution in [1.29, 1.82) is 0 Å². The average molecular weight is 470 g/mol. The van der Waals surface area contributed by atoms with Crippen LogP contribution in [0.15, 0.2) is 53.7 Å². The van der Waals surface area contributed by atoms with Crippen LogP contribution in [-0.4, -0.2) is 43.5 Å². The summed E-state index contributed by atoms with van der Waals surface area (Å²) in [6.07, 6.45) is 6.51. The molecule has 1 saturated heterocycles. The molecule has 7 nitrogen and oxygen atoms in total. The summed E-state index contributed by atoms with van der Waals surface area (Å²) in [7, 11) is -3.39. The summed E-state index contributed by atoms with van der Waals surface area (Å²) >= 11 is 0. The fourth-order valence-corrected chi connectivity index (χ4v) is 5.31. The predicted molar refractivity (Wildman–Crippen MR) is 122 cm³/mol. The van der Waals surface area contributed by atoms with Crippen molar-refractivity contribution in [1.82, 2.24) is 9.97 Å². The Morgan fingerprint density at radius 2 is 1.91 bits per heavy atom. The van der Waals surface area contributed by atoms with E-state index in [1.807, 2.05) is 12.4 Å². The van der Waals surface area contributed by atoms with Crippen LogP contribution in [0.25, 0.3) is 11.1 Å². The van der Waals surface area contributed by atoms with E-state index in [9.17, 15) is 12.8 Å². The van der Waals surface area contributed by atoms with Gasteiger partial charge in [-0.1, -0.05) is 19.1 Å². The molecular formula is C24H24FN3O4S. The highest BCUT2D eigenvalue weighted by Gasteiger charge is 2.29. The highest BCUT2D eigenvalue weighted by atomic mass is 32.2. The fourth-order valence-electron chi connectivity index (χ4n) is 4.20. The zero-order valence-electron chi connectivity index (χ0n) is 18.2. The number of aromatic nitrogens is 2. The topological polar surface area (TPSA) is 81.6 Å². The van der Waals surface area contributed by atoms with Crippen molar-refractivity contribution in [2.24, 2.45) is 0 Å². The maximum absolute atomic E-state index is 14.8. The third-order valence-corrected chi connectivity index (χ3v) is 7.51. The second-order valence-electron chi connectivity index (χ2n) is 8.23. The van der Waals surface area contributed by atoms with E-state index in [4.69, 9.17) is 9.47 Å². The predicted octanol–water partition coefficient (Wildman–Crippen LogP) is 4.02. The zero-order valence-corrected chi connectivity index (χ0v) is 19.0. The Morgan fingerprint density at radius 3 is 2.67 bits per heavy atom. The lowest BCUT2D eigenvalue weighted by Crippen LogP contribution is -2.35. The van der Waals surface area contributed by atoms with Crippen LogP contribution in [0.3, 0.4) is 0 Å². The van der Waals surface area contributed by atoms with Crippen molar-refractivity contribution in [3.63, 3.8) is 0 Å². The number of fused-ring (bicyclic) bond motifs is 1. The molecule has 0 N–H and O–H groups in total. The van der Waals surface area contributed by atoms with E-state index in [1.165, 1.54) is 12.1 Å². The quantitative estimate of drug-likeness (QED) is 0.539. The van der Waals surface area contributed by atoms with Gasteiger partial charge in [0.05, 0.1) is 6.04 Å². The summed E-state index contributed by atoms with van der Waals surface area (Å²) in [6.45, 7) is 3.24. The number of aryl methyl sites for hydroxylation is 1. The van der Waals surface area contributed by atoms with Crippen LogP contribution in [0.1, 0.15) is 25.3 Å². The minimum absolute atomic E-state index is 0.0763. The van der Waals surface area contributed by atoms with Gasteiger partial charge < -0.3 is 14.4 Å². The van der Waals surface area contributed by atoms with Crippen LogP contribution in [-0.2, 0) is 16.3 Å². The summed E-state index contributed by atoms with van der Waals surface area (Å²) in [4.78, 5) is 11.2. The molecule has 3 heterocycles. The second-order valence-corrected chi connectivity index (χ2v) is 10.1. The largest absolute Gasteiger partial charge is 0.488 e. The van der Waals surface area contributed by atoms with E-state index in [-0.39, 0.29) is 22.6 Å². The number of hydrogen-bond acceptors (Lipinski definition) is 7. The van der Waals surface area contributed by atoms with Crippen LogP contribution in [0, 0.1) is 5.82 Å². The molecule has 1 aromatic heterocycles. The maximum atomic E-state index is 14.8. The molecule has 2 aliphatic heterocycles. The molecule has 3 aromatic rings. The van der Waals surface area contributed by atoms with Gasteiger partial charge in [-0.05, 0) is 60.2 Å². The molecule has 0 saturated carbocycles. The summed E-state index contributed by atoms with van der Waals surface area (Å²) in [5.41, 5.74) is 2.37. The molecule has 2 aliphatic rings. The molecule has 9 heteroatoms. The zero-order chi connectivity index (χ0) is 23.0. The average Bonchev–Trinajstić information content (AvgIpc) is 3.42. The number of ether oxygens (including phenoxy) is 2. The Bertz CT molecular complexity index is 1280. The molecule has 2 aromatic carbocycles. The Balaban J connectivity index is 1.28. The van der Waals surface area contributed by atoms with Gasteiger partial charge in [-0.3, -0.25) is 0 Å². The summed E-state index contributed by atoms with van der Waals surface area (Å²) < 4.78 is 49.7. The normalized spacial score (nSPS) is 18.7. The molecule has 33 heavy (non-hydrogen) atoms. The lowest BCUT2D eigenvalue weighted by Gasteiger charge is -2.24. The second kappa shape index (κ2) is 8.62. The number of halogens is 1. The van der Waals surface area contributed by atoms with Gasteiger partial charge in [0.25, 0.3) is 0 Å². The molecule has 172 valence electrons. The molecule has 0 bridgehead atoms. The summed E-state index contributed by atoms with van der Waals surface area (Å²) in [5.74, 6) is 0.306. The first kappa shape index (κ1) is 21.6. The van der Waals surface area contributed by atoms with Crippen LogP contribution in [0.2, 0.25) is 0 Å². The summed E-state index contributed by atoms with van der Waals surface area (Å²) in [6, 6.07) is 9.59. The first-order valence-electron chi connectivity index (χ1n) is 10.9. The van der Waals surface area contributed by atoms with Gasteiger partial charge in [0.2, 0.25) is 15.8 Å². The van der Waals surface area contributed by atoms with Crippen molar-refractivity contribution in [3.8, 4) is 22.6 Å². The number of benzene rings is 2. The van der Waals surface area contributed by atoms with Crippen LogP contribution in [0.4, 0.5) is 10.3 Å². The summed E-state index contributed by atoms with van der Waals surface area (Å²) in [5, 5.41) is 0. The molecular weight excluding hydrogens is 445 g/mol. The number of nitrogens with zero attached hydrogens (tertiary/aromatic N) is 3. The van der Waals surface area contributed by atoms with Gasteiger partial charge in [0.1, 0.15) is 17.3 Å². The third-order valence-electron chi connectivity index (χ3n) is 6.08. The molecule has 0 aliphatic carbocycles. The van der Waals surface area contributed by atoms with E-state index >= 15 is 0 Å². The van der Waals surface area contributed by atoms with Crippen LogP contribution in [0.5, 0.6) is 11.5 Å². The van der Waals surface area contributed by atoms with Gasteiger partial charge >= 0.3 is 0 Å². The molecule has 0 amide bonds. The third kappa shape index (κ3) is 4.25. The van der Waals surface area contributed by atoms with Crippen LogP contribution < -0.4 is 14.4 Å². The lowest BCUT2D eigenvalue weighted by atomic mass is 10.1. The molecule has 1 atom stereocenters. The van der Waals surface area contributed by atoms with Gasteiger partial charge in [-0.25, -0.2) is 22.8 Å². The smallest absolute Gasteiger partial charge is 0.225 e. The van der Waals surface area contributed by atoms with Crippen molar-refractivity contribution >= 4 is 15.8 Å². The molecule has 0 radical (unpaired) electrons. The maximum Gasteiger partial charge on any atom is 0.225 e. The van der Waals surface area contributed by atoms with Crippen molar-refractivity contribution in [2.75, 3.05) is 24.0 Å². The van der Waals surface area contributed by atoms with Gasteiger partial charge in [0, 0.05) is 18.9 Å². The monoisotopic (exact) mass is 469 g/mol. The minimum atomic E-state index is -3.39. The Morgan fingerprint density at radius 1 is 1.15 bits per heavy atom. The Hall–Kier alpha value is -3.20. The highest BCUT2D eigenvalue weighted by molar-refractivity contribution is 7.91. The van der Waals surface area contributed by atoms with E-state index < -0.39 is 15.7 Å². The van der Waals surface area contributed by atoms with Crippen molar-refractivity contribution < 1.29 is 22.3 Å². The van der Waals surface area contributed by atoms with E-state index in [0.717, 1.165) is 31.4 Å². The minimum Gasteiger partial charge on any atom is -0.488 e. The van der Waals surface area contributed by atoms with Crippen LogP contribution >= 0.6 is 0 Å². The van der Waals surface area contributed by atoms with E-state index in [2.05, 4.69) is 21.8 Å². The standard InChI is InChI=1S/C24H24FN3O4S/c1-2-16-12-26-24(27-13-16)28-9-3-4-19(28)14-31-21-7-5-17(10-20(21)25)18-6-8-23-22(11-18)32-15-33(23,29)30/h5-8,10-13,19H,2-4,9,14-15H2,1H3/t19-/m0/s1. The molecule has 0 unspecified atom stereocenters. The van der Waals surface area contributed by atoms with Gasteiger partial charge in [0.15, 0.2) is 17.5 Å². The number of sulfone groups is 1. The van der Waals surface area contributed by atoms with E-state index in [1.54, 1.807) is 24.3 Å². The van der Waals surface area contributed by atoms with Crippen molar-refractivity contribution in [2.45, 2.75) is 37.1 Å². The van der Waals surface area contributed by atoms with Gasteiger partial charge in [-0.15, -0.1) is 0 Å². The molecule has 0 spiro atoms. The highest BCUT2D eigenvalue weighted by Crippen LogP contribution is 2.36. The van der Waals surface area contributed by atoms with Gasteiger partial charge in [-0.2, -0.15) is 0 Å². The first-order chi connectivity index (χ1) is 15.9. The SMILES string of the molecule is CCc1cnc(N2CCC[C@H]2COc2ccc(-c3ccc4c(c3)OCS4(=O)=O)cc2F)nc1. The lowest BCUT2D eigenvalue weighted by molar-refractivity contribution is 0.275. The number of rotatable bonds is 6. The van der Waals surface area contributed by atoms with Crippen molar-refractivity contribution in [3.05, 3.63) is 60.2 Å². The first-order valence-corrected chi connectivity index (χ1v) is 12.6.